The minimum absolute atomic E-state index is 0.0327. The minimum atomic E-state index is -2.04. The first-order valence-electron chi connectivity index (χ1n) is 19.9. The van der Waals surface area contributed by atoms with E-state index in [-0.39, 0.29) is 61.2 Å². The summed E-state index contributed by atoms with van der Waals surface area (Å²) in [6.45, 7) is 4.88. The van der Waals surface area contributed by atoms with Crippen LogP contribution in [-0.4, -0.2) is 104 Å². The average molecular weight is 818 g/mol. The topological polar surface area (TPSA) is 140 Å². The van der Waals surface area contributed by atoms with Crippen molar-refractivity contribution < 1.29 is 43.1 Å². The molecule has 9 rings (SSSR count). The van der Waals surface area contributed by atoms with E-state index in [1.807, 2.05) is 24.3 Å². The van der Waals surface area contributed by atoms with Gasteiger partial charge in [-0.3, -0.25) is 14.6 Å². The number of aliphatic hydroxyl groups is 1. The van der Waals surface area contributed by atoms with E-state index in [4.69, 9.17) is 28.4 Å². The lowest BCUT2D eigenvalue weighted by atomic mass is 9.65. The fourth-order valence-corrected chi connectivity index (χ4v) is 11.6. The normalized spacial score (nSPS) is 27.1. The predicted octanol–water partition coefficient (Wildman–Crippen LogP) is 6.07. The Kier molecular flexibility index (Phi) is 10.1. The zero-order valence-electron chi connectivity index (χ0n) is 33.9. The van der Waals surface area contributed by atoms with E-state index in [1.54, 1.807) is 39.8 Å². The van der Waals surface area contributed by atoms with E-state index in [1.165, 1.54) is 22.3 Å². The molecule has 0 aromatic heterocycles. The molecule has 0 saturated carbocycles. The molecule has 306 valence electrons. The van der Waals surface area contributed by atoms with Gasteiger partial charge in [-0.15, -0.1) is 11.8 Å². The van der Waals surface area contributed by atoms with Crippen LogP contribution in [0.2, 0.25) is 0 Å². The smallest absolute Gasteiger partial charge is 0.334 e. The third-order valence-corrected chi connectivity index (χ3v) is 14.1. The van der Waals surface area contributed by atoms with Crippen LogP contribution in [0.5, 0.6) is 11.5 Å². The maximum Gasteiger partial charge on any atom is 0.334 e. The van der Waals surface area contributed by atoms with Gasteiger partial charge < -0.3 is 33.5 Å². The number of benzene rings is 3. The monoisotopic (exact) mass is 817 g/mol. The Morgan fingerprint density at radius 2 is 1.75 bits per heavy atom. The molecule has 6 aliphatic rings. The molecule has 6 atom stereocenters. The van der Waals surface area contributed by atoms with E-state index in [2.05, 4.69) is 65.6 Å². The van der Waals surface area contributed by atoms with Crippen LogP contribution in [0.3, 0.4) is 0 Å². The molecule has 0 amide bonds. The summed E-state index contributed by atoms with van der Waals surface area (Å²) in [6, 6.07) is 18.5. The van der Waals surface area contributed by atoms with E-state index >= 15 is 0 Å². The first-order valence-corrected chi connectivity index (χ1v) is 20.9. The second-order valence-electron chi connectivity index (χ2n) is 16.1. The van der Waals surface area contributed by atoms with Gasteiger partial charge in [-0.25, -0.2) is 4.79 Å². The van der Waals surface area contributed by atoms with Crippen LogP contribution in [0.25, 0.3) is 11.1 Å². The van der Waals surface area contributed by atoms with Crippen molar-refractivity contribution in [3.8, 4) is 28.7 Å². The minimum Gasteiger partial charge on any atom is -0.493 e. The maximum atomic E-state index is 14.4. The summed E-state index contributed by atoms with van der Waals surface area (Å²) in [4.78, 5) is 32.5. The number of piperazine rings is 1. The van der Waals surface area contributed by atoms with Crippen LogP contribution >= 0.6 is 11.8 Å². The van der Waals surface area contributed by atoms with Gasteiger partial charge >= 0.3 is 5.97 Å². The molecule has 2 bridgehead atoms. The number of piperidine rings is 1. The Morgan fingerprint density at radius 1 is 1.05 bits per heavy atom. The number of methoxy groups -OCH3 is 2. The lowest BCUT2D eigenvalue weighted by Crippen LogP contribution is -2.74. The molecule has 3 aromatic carbocycles. The molecular formula is C46H47N3O9S. The van der Waals surface area contributed by atoms with Crippen molar-refractivity contribution in [2.75, 3.05) is 47.2 Å². The van der Waals surface area contributed by atoms with Gasteiger partial charge in [-0.2, -0.15) is 5.26 Å². The number of carbonyl (C=O) groups is 2. The van der Waals surface area contributed by atoms with Crippen LogP contribution in [0.1, 0.15) is 60.0 Å². The summed E-state index contributed by atoms with van der Waals surface area (Å²) in [5.74, 6) is 1.44. The number of aryl methyl sites for hydroxylation is 1. The van der Waals surface area contributed by atoms with Gasteiger partial charge in [-0.1, -0.05) is 54.6 Å². The Bertz CT molecular complexity index is 2360. The van der Waals surface area contributed by atoms with E-state index < -0.39 is 41.5 Å². The van der Waals surface area contributed by atoms with Crippen molar-refractivity contribution in [2.24, 2.45) is 0 Å². The number of nitriles is 1. The Hall–Kier alpha value is -5.10. The Labute approximate surface area is 347 Å². The second-order valence-corrected chi connectivity index (χ2v) is 17.0. The first-order chi connectivity index (χ1) is 28.5. The molecule has 0 spiro atoms. The highest BCUT2D eigenvalue weighted by Gasteiger charge is 2.64. The van der Waals surface area contributed by atoms with Gasteiger partial charge in [0.1, 0.15) is 12.6 Å². The molecule has 13 heteroatoms. The summed E-state index contributed by atoms with van der Waals surface area (Å²) in [6.07, 6.45) is 0.448. The summed E-state index contributed by atoms with van der Waals surface area (Å²) in [7, 11) is 5.10. The highest BCUT2D eigenvalue weighted by Crippen LogP contribution is 2.57. The van der Waals surface area contributed by atoms with Crippen LogP contribution in [-0.2, 0) is 35.0 Å². The van der Waals surface area contributed by atoms with Gasteiger partial charge in [0.2, 0.25) is 6.79 Å². The van der Waals surface area contributed by atoms with Gasteiger partial charge in [0, 0.05) is 59.6 Å². The summed E-state index contributed by atoms with van der Waals surface area (Å²) < 4.78 is 35.5. The van der Waals surface area contributed by atoms with Crippen molar-refractivity contribution in [2.45, 2.75) is 75.3 Å². The number of nitrogens with zero attached hydrogens (tertiary/aromatic N) is 3. The lowest BCUT2D eigenvalue weighted by Gasteiger charge is -2.62. The summed E-state index contributed by atoms with van der Waals surface area (Å²) >= 11 is 1.55. The fraction of sp³-hybridized carbons (Fsp3) is 0.413. The zero-order valence-corrected chi connectivity index (χ0v) is 34.8. The fourth-order valence-electron chi connectivity index (χ4n) is 10.6. The summed E-state index contributed by atoms with van der Waals surface area (Å²) in [5, 5.41) is 25.7. The second kappa shape index (κ2) is 15.2. The molecule has 3 saturated heterocycles. The van der Waals surface area contributed by atoms with Gasteiger partial charge in [0.15, 0.2) is 41.2 Å². The van der Waals surface area contributed by atoms with Crippen molar-refractivity contribution in [1.82, 2.24) is 9.80 Å². The molecular weight excluding hydrogens is 771 g/mol. The van der Waals surface area contributed by atoms with Crippen LogP contribution in [0, 0.1) is 18.3 Å². The number of Topliss-reactive ketones (excluding diaryl/α,β-unsaturated/α-hetero) is 1. The number of ether oxygens (including phenoxy) is 6. The van der Waals surface area contributed by atoms with Crippen LogP contribution < -0.4 is 9.47 Å². The zero-order chi connectivity index (χ0) is 41.3. The Balaban J connectivity index is 1.07. The first kappa shape index (κ1) is 39.4. The highest BCUT2D eigenvalue weighted by molar-refractivity contribution is 8.02. The Morgan fingerprint density at radius 3 is 2.42 bits per heavy atom. The third kappa shape index (κ3) is 6.02. The third-order valence-electron chi connectivity index (χ3n) is 13.1. The summed E-state index contributed by atoms with van der Waals surface area (Å²) in [5.41, 5.74) is 6.58. The van der Waals surface area contributed by atoms with Crippen molar-refractivity contribution >= 4 is 23.5 Å². The number of carbonyl (C=O) groups excluding carboxylic acids is 2. The quantitative estimate of drug-likeness (QED) is 0.144. The number of hydrogen-bond donors (Lipinski definition) is 1. The van der Waals surface area contributed by atoms with Crippen molar-refractivity contribution in [1.29, 1.82) is 5.26 Å². The number of ketones is 1. The predicted molar refractivity (Wildman–Crippen MR) is 219 cm³/mol. The maximum absolute atomic E-state index is 14.4. The number of esters is 1. The molecule has 4 heterocycles. The molecule has 2 aliphatic carbocycles. The molecule has 4 aliphatic heterocycles. The lowest BCUT2D eigenvalue weighted by molar-refractivity contribution is -0.156. The number of thioether (sulfide) groups is 1. The number of fused-ring (bicyclic) bond motifs is 11. The van der Waals surface area contributed by atoms with Gasteiger partial charge in [0.05, 0.1) is 25.3 Å². The molecule has 0 radical (unpaired) electrons. The van der Waals surface area contributed by atoms with Gasteiger partial charge in [0.25, 0.3) is 0 Å². The van der Waals surface area contributed by atoms with Crippen molar-refractivity contribution in [3.63, 3.8) is 0 Å². The molecule has 12 nitrogen and oxygen atoms in total. The largest absolute Gasteiger partial charge is 0.493 e. The number of hydrogen-bond acceptors (Lipinski definition) is 13. The highest BCUT2D eigenvalue weighted by atomic mass is 32.2. The van der Waals surface area contributed by atoms with Crippen LogP contribution in [0.15, 0.2) is 88.2 Å². The molecule has 1 N–H and O–H groups in total. The van der Waals surface area contributed by atoms with E-state index in [9.17, 15) is 20.0 Å². The standard InChI is InChI=1S/C46H47N3O9S/c1-24-15-27-16-33-35(18-47)49-34(39(48(33)4)37(27)42(40(24)54-6)56-22-53-5)17-46(52)38(43-41(57-23-58-43)26(3)44(46)50)36(49)19-55-45(51)25(2)20-59-21-32-30-13-9-7-11-28(30)29-12-8-10-14-31(29)32/h7-15,20,32-36,39,52H,16-17,19,21-23H2,1-6H3/b25-20-/t33-,34?,35+,36+,39+,46?/m1/s1. The van der Waals surface area contributed by atoms with Crippen LogP contribution in [0.4, 0.5) is 0 Å². The molecule has 2 unspecified atom stereocenters. The molecule has 3 aromatic rings. The number of likely N-dealkylation sites (N-methyl/N-ethyl adjacent to an activating group) is 1. The average Bonchev–Trinajstić information content (AvgIpc) is 3.85. The van der Waals surface area contributed by atoms with E-state index in [0.717, 1.165) is 22.4 Å². The van der Waals surface area contributed by atoms with E-state index in [0.29, 0.717) is 23.5 Å². The SMILES string of the molecule is COCOc1c(OC)c(C)cc2c1[C@@H]1C3CC4(O)C(=O)C(C)=C5OCOC5=C4[C@H](COC(=O)/C(C)=C\SCC4c5ccccc5-c5ccccc54)N3[C@@H](C#N)[C@@H](C2)N1C. The number of rotatable bonds is 10. The molecule has 3 fully saturated rings. The van der Waals surface area contributed by atoms with Crippen molar-refractivity contribution in [3.05, 3.63) is 116 Å². The molecule has 59 heavy (non-hydrogen) atoms. The van der Waals surface area contributed by atoms with Gasteiger partial charge in [-0.05, 0) is 73.0 Å².